The first-order chi connectivity index (χ1) is 7.27. The van der Waals surface area contributed by atoms with Crippen molar-refractivity contribution in [3.8, 4) is 5.75 Å². The zero-order chi connectivity index (χ0) is 10.8. The Morgan fingerprint density at radius 3 is 2.87 bits per heavy atom. The third-order valence-corrected chi connectivity index (χ3v) is 2.62. The predicted octanol–water partition coefficient (Wildman–Crippen LogP) is 2.51. The highest BCUT2D eigenvalue weighted by Crippen LogP contribution is 2.28. The van der Waals surface area contributed by atoms with E-state index < -0.39 is 0 Å². The molecule has 1 aromatic carbocycles. The fourth-order valence-electron chi connectivity index (χ4n) is 1.96. The second-order valence-corrected chi connectivity index (χ2v) is 3.52. The van der Waals surface area contributed by atoms with Crippen molar-refractivity contribution < 1.29 is 9.84 Å². The number of hydrogen-bond donors (Lipinski definition) is 1. The maximum atomic E-state index is 9.72. The van der Waals surface area contributed by atoms with Crippen molar-refractivity contribution in [1.82, 2.24) is 4.57 Å². The summed E-state index contributed by atoms with van der Waals surface area (Å²) in [5.41, 5.74) is 2.15. The first-order valence-electron chi connectivity index (χ1n) is 5.07. The molecule has 0 atom stereocenters. The topological polar surface area (TPSA) is 34.4 Å². The normalized spacial score (nSPS) is 11.1. The van der Waals surface area contributed by atoms with Crippen LogP contribution in [0.1, 0.15) is 12.6 Å². The van der Waals surface area contributed by atoms with Crippen LogP contribution in [-0.2, 0) is 17.9 Å². The van der Waals surface area contributed by atoms with Crippen LogP contribution in [0.5, 0.6) is 5.75 Å². The summed E-state index contributed by atoms with van der Waals surface area (Å²) in [7, 11) is 1.68. The van der Waals surface area contributed by atoms with Gasteiger partial charge < -0.3 is 14.4 Å². The molecule has 15 heavy (non-hydrogen) atoms. The maximum Gasteiger partial charge on any atom is 0.124 e. The number of nitrogens with zero attached hydrogens (tertiary/aromatic N) is 1. The Morgan fingerprint density at radius 1 is 1.40 bits per heavy atom. The van der Waals surface area contributed by atoms with Crippen LogP contribution >= 0.6 is 0 Å². The number of methoxy groups -OCH3 is 1. The number of hydrogen-bond acceptors (Lipinski definition) is 2. The van der Waals surface area contributed by atoms with Crippen LogP contribution in [0.4, 0.5) is 0 Å². The molecule has 0 bridgehead atoms. The van der Waals surface area contributed by atoms with E-state index in [2.05, 4.69) is 11.5 Å². The minimum Gasteiger partial charge on any atom is -0.507 e. The van der Waals surface area contributed by atoms with E-state index in [0.29, 0.717) is 12.4 Å². The number of aryl methyl sites for hydroxylation is 1. The molecule has 0 unspecified atom stereocenters. The molecule has 2 rings (SSSR count). The van der Waals surface area contributed by atoms with Gasteiger partial charge in [0.25, 0.3) is 0 Å². The van der Waals surface area contributed by atoms with E-state index in [1.165, 1.54) is 0 Å². The lowest BCUT2D eigenvalue weighted by atomic mass is 10.2. The molecule has 0 fully saturated rings. The van der Waals surface area contributed by atoms with Gasteiger partial charge in [0, 0.05) is 24.7 Å². The highest BCUT2D eigenvalue weighted by atomic mass is 16.5. The van der Waals surface area contributed by atoms with Gasteiger partial charge in [0.2, 0.25) is 0 Å². The number of rotatable bonds is 3. The van der Waals surface area contributed by atoms with Gasteiger partial charge in [-0.2, -0.15) is 0 Å². The summed E-state index contributed by atoms with van der Waals surface area (Å²) in [6, 6.07) is 7.56. The molecule has 0 spiro atoms. The number of phenolic OH excluding ortho intramolecular Hbond substituents is 1. The molecule has 0 amide bonds. The van der Waals surface area contributed by atoms with Crippen molar-refractivity contribution in [2.45, 2.75) is 20.1 Å². The van der Waals surface area contributed by atoms with Gasteiger partial charge in [-0.1, -0.05) is 6.07 Å². The fourth-order valence-corrected chi connectivity index (χ4v) is 1.96. The van der Waals surface area contributed by atoms with Crippen LogP contribution < -0.4 is 0 Å². The molecule has 3 heteroatoms. The van der Waals surface area contributed by atoms with Crippen molar-refractivity contribution in [2.24, 2.45) is 0 Å². The molecule has 80 valence electrons. The summed E-state index contributed by atoms with van der Waals surface area (Å²) >= 11 is 0. The van der Waals surface area contributed by atoms with Crippen LogP contribution in [0, 0.1) is 0 Å². The molecule has 1 N–H and O–H groups in total. The smallest absolute Gasteiger partial charge is 0.124 e. The van der Waals surface area contributed by atoms with Gasteiger partial charge in [-0.15, -0.1) is 0 Å². The monoisotopic (exact) mass is 205 g/mol. The Bertz CT molecular complexity index is 474. The van der Waals surface area contributed by atoms with Gasteiger partial charge in [-0.05, 0) is 25.1 Å². The molecule has 0 aliphatic rings. The predicted molar refractivity (Wildman–Crippen MR) is 60.0 cm³/mol. The first-order valence-corrected chi connectivity index (χ1v) is 5.07. The van der Waals surface area contributed by atoms with Gasteiger partial charge in [0.05, 0.1) is 12.1 Å². The largest absolute Gasteiger partial charge is 0.507 e. The van der Waals surface area contributed by atoms with Crippen molar-refractivity contribution >= 4 is 10.9 Å². The van der Waals surface area contributed by atoms with E-state index in [9.17, 15) is 5.11 Å². The number of ether oxygens (including phenoxy) is 1. The minimum atomic E-state index is 0.331. The first kappa shape index (κ1) is 10.1. The van der Waals surface area contributed by atoms with Crippen molar-refractivity contribution in [1.29, 1.82) is 0 Å². The average Bonchev–Trinajstić information content (AvgIpc) is 2.58. The Balaban J connectivity index is 2.67. The van der Waals surface area contributed by atoms with E-state index in [4.69, 9.17) is 4.74 Å². The number of phenols is 1. The summed E-state index contributed by atoms with van der Waals surface area (Å²) in [5, 5.41) is 10.6. The molecular weight excluding hydrogens is 190 g/mol. The van der Waals surface area contributed by atoms with E-state index in [1.807, 2.05) is 18.2 Å². The highest BCUT2D eigenvalue weighted by molar-refractivity contribution is 5.87. The molecule has 0 saturated heterocycles. The third kappa shape index (κ3) is 1.59. The van der Waals surface area contributed by atoms with Gasteiger partial charge in [0.1, 0.15) is 5.75 Å². The van der Waals surface area contributed by atoms with Crippen LogP contribution in [0.25, 0.3) is 10.9 Å². The Kier molecular flexibility index (Phi) is 2.64. The van der Waals surface area contributed by atoms with Crippen LogP contribution in [-0.4, -0.2) is 16.8 Å². The molecule has 1 heterocycles. The van der Waals surface area contributed by atoms with Gasteiger partial charge in [-0.3, -0.25) is 0 Å². The highest BCUT2D eigenvalue weighted by Gasteiger charge is 2.09. The van der Waals surface area contributed by atoms with Gasteiger partial charge in [-0.25, -0.2) is 0 Å². The lowest BCUT2D eigenvalue weighted by Crippen LogP contribution is -2.00. The Morgan fingerprint density at radius 2 is 2.20 bits per heavy atom. The number of fused-ring (bicyclic) bond motifs is 1. The Labute approximate surface area is 88.9 Å². The Hall–Kier alpha value is -1.48. The molecule has 3 nitrogen and oxygen atoms in total. The minimum absolute atomic E-state index is 0.331. The van der Waals surface area contributed by atoms with Crippen LogP contribution in [0.15, 0.2) is 24.3 Å². The van der Waals surface area contributed by atoms with Gasteiger partial charge in [0.15, 0.2) is 0 Å². The van der Waals surface area contributed by atoms with E-state index >= 15 is 0 Å². The third-order valence-electron chi connectivity index (χ3n) is 2.62. The average molecular weight is 205 g/mol. The summed E-state index contributed by atoms with van der Waals surface area (Å²) in [5.74, 6) is 0.331. The number of benzene rings is 1. The molecule has 0 saturated carbocycles. The molecule has 0 radical (unpaired) electrons. The van der Waals surface area contributed by atoms with Gasteiger partial charge >= 0.3 is 0 Å². The fraction of sp³-hybridized carbons (Fsp3) is 0.333. The standard InChI is InChI=1S/C12H15NO2/c1-3-13-9(8-15-2)7-10-11(13)5-4-6-12(10)14/h4-7,14H,3,8H2,1-2H3. The van der Waals surface area contributed by atoms with Crippen molar-refractivity contribution in [2.75, 3.05) is 7.11 Å². The maximum absolute atomic E-state index is 9.72. The quantitative estimate of drug-likeness (QED) is 0.835. The van der Waals surface area contributed by atoms with E-state index in [1.54, 1.807) is 13.2 Å². The molecule has 0 aliphatic carbocycles. The van der Waals surface area contributed by atoms with Crippen molar-refractivity contribution in [3.63, 3.8) is 0 Å². The van der Waals surface area contributed by atoms with Crippen molar-refractivity contribution in [3.05, 3.63) is 30.0 Å². The van der Waals surface area contributed by atoms with Crippen LogP contribution in [0.2, 0.25) is 0 Å². The molecule has 0 aliphatic heterocycles. The van der Waals surface area contributed by atoms with E-state index in [0.717, 1.165) is 23.1 Å². The zero-order valence-electron chi connectivity index (χ0n) is 9.03. The summed E-state index contributed by atoms with van der Waals surface area (Å²) in [4.78, 5) is 0. The summed E-state index contributed by atoms with van der Waals surface area (Å²) < 4.78 is 7.29. The lowest BCUT2D eigenvalue weighted by Gasteiger charge is -2.06. The molecular formula is C12H15NO2. The summed E-state index contributed by atoms with van der Waals surface area (Å²) in [6.45, 7) is 3.54. The SMILES string of the molecule is CCn1c(COC)cc2c(O)cccc21. The number of aromatic nitrogens is 1. The van der Waals surface area contributed by atoms with Crippen LogP contribution in [0.3, 0.4) is 0 Å². The zero-order valence-corrected chi connectivity index (χ0v) is 9.03. The molecule has 2 aromatic rings. The number of aromatic hydroxyl groups is 1. The van der Waals surface area contributed by atoms with E-state index in [-0.39, 0.29) is 0 Å². The molecule has 1 aromatic heterocycles. The second kappa shape index (κ2) is 3.95. The second-order valence-electron chi connectivity index (χ2n) is 3.52. The lowest BCUT2D eigenvalue weighted by molar-refractivity contribution is 0.178. The summed E-state index contributed by atoms with van der Waals surface area (Å²) in [6.07, 6.45) is 0.